The fourth-order valence-electron chi connectivity index (χ4n) is 2.89. The average Bonchev–Trinajstić information content (AvgIpc) is 2.76. The average molecular weight is 309 g/mol. The van der Waals surface area contributed by atoms with Crippen molar-refractivity contribution in [3.8, 4) is 0 Å². The van der Waals surface area contributed by atoms with Gasteiger partial charge in [-0.3, -0.25) is 9.98 Å². The molecule has 1 aromatic rings. The molecule has 0 spiro atoms. The molecule has 0 saturated heterocycles. The van der Waals surface area contributed by atoms with Gasteiger partial charge >= 0.3 is 0 Å². The van der Waals surface area contributed by atoms with Gasteiger partial charge in [0.25, 0.3) is 0 Å². The van der Waals surface area contributed by atoms with E-state index in [-0.39, 0.29) is 0 Å². The molecule has 1 aromatic carbocycles. The molecule has 0 N–H and O–H groups in total. The molecule has 122 valence electrons. The molecule has 3 nitrogen and oxygen atoms in total. The fourth-order valence-corrected chi connectivity index (χ4v) is 2.89. The van der Waals surface area contributed by atoms with E-state index in [1.165, 1.54) is 11.3 Å². The second-order valence-electron chi connectivity index (χ2n) is 5.68. The zero-order valence-electron chi connectivity index (χ0n) is 14.7. The maximum absolute atomic E-state index is 4.54. The minimum atomic E-state index is 0.302. The first-order valence-electron chi connectivity index (χ1n) is 8.49. The fraction of sp³-hybridized carbons (Fsp3) is 0.400. The van der Waals surface area contributed by atoms with Gasteiger partial charge in [-0.2, -0.15) is 0 Å². The third-order valence-corrected chi connectivity index (χ3v) is 4.31. The Morgan fingerprint density at radius 2 is 1.61 bits per heavy atom. The summed E-state index contributed by atoms with van der Waals surface area (Å²) in [5, 5.41) is 0. The van der Waals surface area contributed by atoms with Gasteiger partial charge in [-0.05, 0) is 51.0 Å². The number of anilines is 1. The van der Waals surface area contributed by atoms with Crippen LogP contribution < -0.4 is 4.90 Å². The van der Waals surface area contributed by atoms with Gasteiger partial charge < -0.3 is 4.90 Å². The zero-order valence-corrected chi connectivity index (χ0v) is 14.7. The van der Waals surface area contributed by atoms with E-state index in [1.807, 2.05) is 0 Å². The minimum Gasteiger partial charge on any atom is -0.372 e. The van der Waals surface area contributed by atoms with Gasteiger partial charge in [0.05, 0.1) is 0 Å². The van der Waals surface area contributed by atoms with E-state index in [4.69, 9.17) is 0 Å². The Morgan fingerprint density at radius 1 is 0.957 bits per heavy atom. The van der Waals surface area contributed by atoms with E-state index in [2.05, 4.69) is 79.0 Å². The first-order chi connectivity index (χ1) is 11.2. The maximum Gasteiger partial charge on any atom is 0.0491 e. The normalized spacial score (nSPS) is 17.8. The molecule has 0 fully saturated rings. The van der Waals surface area contributed by atoms with Crippen LogP contribution in [0.1, 0.15) is 39.7 Å². The molecule has 0 aliphatic carbocycles. The predicted molar refractivity (Wildman–Crippen MR) is 103 cm³/mol. The number of hydrogen-bond donors (Lipinski definition) is 0. The molecular formula is C20H27N3. The zero-order chi connectivity index (χ0) is 16.7. The van der Waals surface area contributed by atoms with Crippen molar-refractivity contribution in [2.45, 2.75) is 34.1 Å². The van der Waals surface area contributed by atoms with Gasteiger partial charge in [0.15, 0.2) is 0 Å². The van der Waals surface area contributed by atoms with Crippen molar-refractivity contribution in [2.24, 2.45) is 15.9 Å². The summed E-state index contributed by atoms with van der Waals surface area (Å²) in [7, 11) is 0. The highest BCUT2D eigenvalue weighted by atomic mass is 15.1. The summed E-state index contributed by atoms with van der Waals surface area (Å²) in [5.74, 6) is 0.302. The Morgan fingerprint density at radius 3 is 2.22 bits per heavy atom. The topological polar surface area (TPSA) is 28.0 Å². The summed E-state index contributed by atoms with van der Waals surface area (Å²) in [6.45, 7) is 10.7. The van der Waals surface area contributed by atoms with Crippen LogP contribution in [-0.4, -0.2) is 24.5 Å². The lowest BCUT2D eigenvalue weighted by Crippen LogP contribution is -2.21. The Hall–Kier alpha value is -2.16. The van der Waals surface area contributed by atoms with E-state index in [1.54, 1.807) is 12.4 Å². The van der Waals surface area contributed by atoms with E-state index in [0.29, 0.717) is 5.92 Å². The van der Waals surface area contributed by atoms with Crippen molar-refractivity contribution in [1.82, 2.24) is 0 Å². The van der Waals surface area contributed by atoms with Gasteiger partial charge in [0.1, 0.15) is 0 Å². The molecule has 1 aliphatic rings. The summed E-state index contributed by atoms with van der Waals surface area (Å²) in [5.41, 5.74) is 4.68. The van der Waals surface area contributed by atoms with Crippen LogP contribution >= 0.6 is 0 Å². The number of nitrogens with zero attached hydrogens (tertiary/aromatic N) is 3. The molecule has 0 saturated carbocycles. The van der Waals surface area contributed by atoms with Gasteiger partial charge in [-0.15, -0.1) is 0 Å². The highest BCUT2D eigenvalue weighted by molar-refractivity contribution is 6.13. The predicted octanol–water partition coefficient (Wildman–Crippen LogP) is 4.96. The smallest absolute Gasteiger partial charge is 0.0491 e. The number of hydrogen-bond acceptors (Lipinski definition) is 3. The van der Waals surface area contributed by atoms with Crippen LogP contribution in [0.25, 0.3) is 6.08 Å². The van der Waals surface area contributed by atoms with Crippen LogP contribution in [-0.2, 0) is 0 Å². The molecule has 0 aromatic heterocycles. The highest BCUT2D eigenvalue weighted by Crippen LogP contribution is 2.17. The summed E-state index contributed by atoms with van der Waals surface area (Å²) >= 11 is 0. The Balaban J connectivity index is 2.15. The van der Waals surface area contributed by atoms with Crippen LogP contribution in [0.4, 0.5) is 5.69 Å². The Kier molecular flexibility index (Phi) is 6.33. The van der Waals surface area contributed by atoms with Crippen LogP contribution in [0, 0.1) is 5.92 Å². The number of aliphatic imine (C=N–C) groups is 2. The van der Waals surface area contributed by atoms with Gasteiger partial charge in [-0.25, -0.2) is 0 Å². The third-order valence-electron chi connectivity index (χ3n) is 4.31. The molecule has 23 heavy (non-hydrogen) atoms. The van der Waals surface area contributed by atoms with Crippen molar-refractivity contribution in [1.29, 1.82) is 0 Å². The lowest BCUT2D eigenvalue weighted by atomic mass is 9.94. The first-order valence-corrected chi connectivity index (χ1v) is 8.49. The molecular weight excluding hydrogens is 282 g/mol. The quantitative estimate of drug-likeness (QED) is 0.730. The Labute approximate surface area is 140 Å². The van der Waals surface area contributed by atoms with Crippen molar-refractivity contribution >= 4 is 23.2 Å². The van der Waals surface area contributed by atoms with Crippen molar-refractivity contribution in [3.05, 3.63) is 48.3 Å². The largest absolute Gasteiger partial charge is 0.372 e. The molecule has 1 unspecified atom stereocenters. The molecule has 1 atom stereocenters. The van der Waals surface area contributed by atoms with E-state index >= 15 is 0 Å². The molecule has 1 heterocycles. The minimum absolute atomic E-state index is 0.302. The summed E-state index contributed by atoms with van der Waals surface area (Å²) in [6.07, 6.45) is 8.83. The van der Waals surface area contributed by atoms with Gasteiger partial charge in [0, 0.05) is 48.5 Å². The summed E-state index contributed by atoms with van der Waals surface area (Å²) in [4.78, 5) is 11.3. The van der Waals surface area contributed by atoms with E-state index in [0.717, 1.165) is 30.9 Å². The number of benzene rings is 1. The van der Waals surface area contributed by atoms with Crippen molar-refractivity contribution in [3.63, 3.8) is 0 Å². The van der Waals surface area contributed by atoms with Crippen LogP contribution in [0.15, 0.2) is 52.7 Å². The Bertz CT molecular complexity index is 617. The summed E-state index contributed by atoms with van der Waals surface area (Å²) < 4.78 is 0. The second kappa shape index (κ2) is 8.47. The van der Waals surface area contributed by atoms with Gasteiger partial charge in [0.2, 0.25) is 0 Å². The van der Waals surface area contributed by atoms with Crippen LogP contribution in [0.2, 0.25) is 0 Å². The van der Waals surface area contributed by atoms with Crippen LogP contribution in [0.3, 0.4) is 0 Å². The monoisotopic (exact) mass is 309 g/mol. The van der Waals surface area contributed by atoms with E-state index < -0.39 is 0 Å². The van der Waals surface area contributed by atoms with E-state index in [9.17, 15) is 0 Å². The number of rotatable bonds is 6. The lowest BCUT2D eigenvalue weighted by Gasteiger charge is -2.20. The standard InChI is InChI=1S/C20H27N3/c1-5-19-16(4)21-14-15-22-20(19)13-10-17-8-11-18(12-9-17)23(6-2)7-3/h8-15,19H,5-7H2,1-4H3/b13-10+. The molecule has 0 amide bonds. The highest BCUT2D eigenvalue weighted by Gasteiger charge is 2.15. The van der Waals surface area contributed by atoms with Gasteiger partial charge in [-0.1, -0.05) is 25.1 Å². The lowest BCUT2D eigenvalue weighted by molar-refractivity contribution is 0.857. The third kappa shape index (κ3) is 4.41. The van der Waals surface area contributed by atoms with Crippen molar-refractivity contribution in [2.75, 3.05) is 18.0 Å². The molecule has 3 heteroatoms. The molecule has 2 rings (SSSR count). The maximum atomic E-state index is 4.54. The summed E-state index contributed by atoms with van der Waals surface area (Å²) in [6, 6.07) is 8.70. The number of allylic oxidation sites excluding steroid dienone is 1. The molecule has 1 aliphatic heterocycles. The van der Waals surface area contributed by atoms with Crippen molar-refractivity contribution < 1.29 is 0 Å². The molecule has 0 bridgehead atoms. The first kappa shape index (κ1) is 17.2. The second-order valence-corrected chi connectivity index (χ2v) is 5.68. The van der Waals surface area contributed by atoms with Crippen LogP contribution in [0.5, 0.6) is 0 Å². The SMILES string of the molecule is CCC1C(C)=NC=CN=C1/C=C/c1ccc(N(CC)CC)cc1. The molecule has 0 radical (unpaired) electrons.